The van der Waals surface area contributed by atoms with Gasteiger partial charge in [-0.05, 0) is 57.4 Å². The van der Waals surface area contributed by atoms with Crippen molar-refractivity contribution in [2.24, 2.45) is 0 Å². The molecule has 2 aliphatic heterocycles. The first-order valence-electron chi connectivity index (χ1n) is 16.8. The van der Waals surface area contributed by atoms with Crippen molar-refractivity contribution >= 4 is 44.9 Å². The molecule has 9 nitrogen and oxygen atoms in total. The second-order valence-electron chi connectivity index (χ2n) is 12.8. The molecule has 0 saturated carbocycles. The van der Waals surface area contributed by atoms with Crippen LogP contribution in [-0.2, 0) is 16.1 Å². The number of carbonyl (C=O) groups is 2. The number of pyridine rings is 1. The molecule has 2 saturated heterocycles. The molecule has 2 N–H and O–H groups in total. The quantitative estimate of drug-likeness (QED) is 0.191. The van der Waals surface area contributed by atoms with Crippen molar-refractivity contribution in [1.29, 1.82) is 0 Å². The molecule has 2 amide bonds. The van der Waals surface area contributed by atoms with Gasteiger partial charge in [0.15, 0.2) is 0 Å². The maximum Gasteiger partial charge on any atom is 0.225 e. The Morgan fingerprint density at radius 2 is 1.17 bits per heavy atom. The molecular weight excluding hydrogens is 654 g/mol. The number of aromatic nitrogens is 1. The molecule has 6 rings (SSSR count). The number of anilines is 2. The molecule has 3 heterocycles. The first kappa shape index (κ1) is 34.9. The lowest BCUT2D eigenvalue weighted by Gasteiger charge is -2.32. The maximum absolute atomic E-state index is 13.0. The Labute approximate surface area is 289 Å². The van der Waals surface area contributed by atoms with Crippen molar-refractivity contribution in [2.45, 2.75) is 26.3 Å². The molecule has 10 heteroatoms. The average Bonchev–Trinajstić information content (AvgIpc) is 3.07. The van der Waals surface area contributed by atoms with E-state index in [0.29, 0.717) is 12.8 Å². The minimum absolute atomic E-state index is 0. The molecule has 0 aliphatic carbocycles. The second kappa shape index (κ2) is 16.1. The minimum Gasteiger partial charge on any atom is -1.00 e. The molecule has 0 bridgehead atoms. The number of benzene rings is 3. The van der Waals surface area contributed by atoms with Crippen LogP contribution in [-0.4, -0.2) is 111 Å². The molecular formula is C37H48BrN7O2. The van der Waals surface area contributed by atoms with Gasteiger partial charge in [0.25, 0.3) is 0 Å². The third-order valence-electron chi connectivity index (χ3n) is 9.56. The van der Waals surface area contributed by atoms with Crippen molar-refractivity contribution in [1.82, 2.24) is 19.6 Å². The molecule has 2 aliphatic rings. The second-order valence-corrected chi connectivity index (χ2v) is 12.8. The van der Waals surface area contributed by atoms with E-state index in [1.807, 2.05) is 18.2 Å². The fourth-order valence-corrected chi connectivity index (χ4v) is 6.72. The summed E-state index contributed by atoms with van der Waals surface area (Å²) in [6.07, 6.45) is 0.955. The van der Waals surface area contributed by atoms with Gasteiger partial charge >= 0.3 is 0 Å². The van der Waals surface area contributed by atoms with Crippen LogP contribution in [0.4, 0.5) is 11.4 Å². The fraction of sp³-hybridized carbons (Fsp3) is 0.432. The zero-order chi connectivity index (χ0) is 32.0. The van der Waals surface area contributed by atoms with E-state index in [4.69, 9.17) is 0 Å². The van der Waals surface area contributed by atoms with Gasteiger partial charge in [0.1, 0.15) is 6.54 Å². The number of nitrogens with one attached hydrogen (secondary N) is 2. The van der Waals surface area contributed by atoms with E-state index in [1.165, 1.54) is 0 Å². The predicted molar refractivity (Wildman–Crippen MR) is 187 cm³/mol. The van der Waals surface area contributed by atoms with Gasteiger partial charge in [-0.2, -0.15) is 4.57 Å². The van der Waals surface area contributed by atoms with E-state index in [9.17, 15) is 9.59 Å². The molecule has 0 radical (unpaired) electrons. The zero-order valence-electron chi connectivity index (χ0n) is 28.0. The molecule has 0 atom stereocenters. The van der Waals surface area contributed by atoms with Crippen LogP contribution in [0.15, 0.2) is 66.7 Å². The third kappa shape index (κ3) is 8.55. The SMILES string of the molecule is CC[n+]1c(-c2ccccc2)c2cc(NC(=O)CCN3CCN(C)CC3)ccc2c2ccc(NC(=O)CCN3CCN(C)CC3)cc21.[Br-]. The summed E-state index contributed by atoms with van der Waals surface area (Å²) >= 11 is 0. The third-order valence-corrected chi connectivity index (χ3v) is 9.56. The van der Waals surface area contributed by atoms with Crippen molar-refractivity contribution in [2.75, 3.05) is 90.2 Å². The summed E-state index contributed by atoms with van der Waals surface area (Å²) in [5.74, 6) is 0.0788. The van der Waals surface area contributed by atoms with Crippen LogP contribution in [0.25, 0.3) is 32.9 Å². The number of likely N-dealkylation sites (N-methyl/N-ethyl adjacent to an activating group) is 2. The fourth-order valence-electron chi connectivity index (χ4n) is 6.72. The van der Waals surface area contributed by atoms with Crippen LogP contribution in [0.5, 0.6) is 0 Å². The monoisotopic (exact) mass is 701 g/mol. The van der Waals surface area contributed by atoms with Gasteiger partial charge in [-0.3, -0.25) is 9.59 Å². The topological polar surface area (TPSA) is 75.0 Å². The van der Waals surface area contributed by atoms with E-state index < -0.39 is 0 Å². The molecule has 4 aromatic rings. The Bertz CT molecular complexity index is 1680. The van der Waals surface area contributed by atoms with Crippen LogP contribution in [0.3, 0.4) is 0 Å². The Morgan fingerprint density at radius 3 is 1.70 bits per heavy atom. The molecule has 47 heavy (non-hydrogen) atoms. The number of halogens is 1. The standard InChI is InChI=1S/C37H47N7O2.BrH/c1-4-44-34-27-30(39-36(46)15-17-43-24-20-41(3)21-25-43)11-13-32(34)31-12-10-29(26-33(31)37(44)28-8-6-5-7-9-28)38-35(45)14-16-42-22-18-40(2)19-23-42;/h5-13,26-27H,4,14-25H2,1-3H3,(H,38,45);1H. The van der Waals surface area contributed by atoms with Crippen LogP contribution in [0, 0.1) is 0 Å². The van der Waals surface area contributed by atoms with Crippen molar-refractivity contribution in [3.8, 4) is 11.3 Å². The summed E-state index contributed by atoms with van der Waals surface area (Å²) < 4.78 is 2.33. The first-order chi connectivity index (χ1) is 22.4. The zero-order valence-corrected chi connectivity index (χ0v) is 29.6. The van der Waals surface area contributed by atoms with Crippen LogP contribution in [0.1, 0.15) is 19.8 Å². The molecule has 0 unspecified atom stereocenters. The van der Waals surface area contributed by atoms with E-state index in [1.54, 1.807) is 0 Å². The highest BCUT2D eigenvalue weighted by Crippen LogP contribution is 2.34. The number of fused-ring (bicyclic) bond motifs is 3. The Kier molecular flexibility index (Phi) is 12.0. The van der Waals surface area contributed by atoms with E-state index in [0.717, 1.165) is 116 Å². The van der Waals surface area contributed by atoms with Crippen molar-refractivity contribution < 1.29 is 31.1 Å². The first-order valence-corrected chi connectivity index (χ1v) is 16.8. The summed E-state index contributed by atoms with van der Waals surface area (Å²) in [5.41, 5.74) is 4.88. The summed E-state index contributed by atoms with van der Waals surface area (Å²) in [4.78, 5) is 35.4. The summed E-state index contributed by atoms with van der Waals surface area (Å²) in [5, 5.41) is 9.65. The van der Waals surface area contributed by atoms with Crippen molar-refractivity contribution in [3.63, 3.8) is 0 Å². The van der Waals surface area contributed by atoms with Gasteiger partial charge in [0.05, 0.1) is 10.8 Å². The number of amides is 2. The minimum atomic E-state index is 0. The largest absolute Gasteiger partial charge is 1.00 e. The summed E-state index contributed by atoms with van der Waals surface area (Å²) in [6.45, 7) is 12.7. The lowest BCUT2D eigenvalue weighted by Crippen LogP contribution is -3.00. The van der Waals surface area contributed by atoms with Crippen LogP contribution in [0.2, 0.25) is 0 Å². The van der Waals surface area contributed by atoms with Gasteiger partial charge < -0.3 is 47.2 Å². The normalized spacial score (nSPS) is 16.7. The van der Waals surface area contributed by atoms with Gasteiger partial charge in [-0.25, -0.2) is 0 Å². The number of hydrogen-bond acceptors (Lipinski definition) is 6. The number of hydrogen-bond donors (Lipinski definition) is 2. The Hall–Kier alpha value is -3.41. The Morgan fingerprint density at radius 1 is 0.660 bits per heavy atom. The number of aryl methyl sites for hydroxylation is 1. The molecule has 0 spiro atoms. The maximum atomic E-state index is 13.0. The van der Waals surface area contributed by atoms with Crippen molar-refractivity contribution in [3.05, 3.63) is 66.7 Å². The molecule has 2 fully saturated rings. The van der Waals surface area contributed by atoms with E-state index in [2.05, 4.69) is 104 Å². The highest BCUT2D eigenvalue weighted by molar-refractivity contribution is 6.11. The number of carbonyl (C=O) groups excluding carboxylic acids is 2. The number of rotatable bonds is 10. The van der Waals surface area contributed by atoms with Crippen LogP contribution >= 0.6 is 0 Å². The highest BCUT2D eigenvalue weighted by Gasteiger charge is 2.24. The predicted octanol–water partition coefficient (Wildman–Crippen LogP) is 1.12. The number of nitrogens with zero attached hydrogens (tertiary/aromatic N) is 5. The smallest absolute Gasteiger partial charge is 0.225 e. The average molecular weight is 703 g/mol. The summed E-state index contributed by atoms with van der Waals surface area (Å²) in [7, 11) is 4.29. The van der Waals surface area contributed by atoms with Gasteiger partial charge in [0, 0.05) is 107 Å². The van der Waals surface area contributed by atoms with Gasteiger partial charge in [-0.1, -0.05) is 24.3 Å². The Balaban J connectivity index is 0.00000433. The molecule has 3 aromatic carbocycles. The van der Waals surface area contributed by atoms with Gasteiger partial charge in [0.2, 0.25) is 23.0 Å². The van der Waals surface area contributed by atoms with Gasteiger partial charge in [-0.15, -0.1) is 0 Å². The lowest BCUT2D eigenvalue weighted by atomic mass is 9.98. The van der Waals surface area contributed by atoms with E-state index >= 15 is 0 Å². The highest BCUT2D eigenvalue weighted by atomic mass is 79.9. The van der Waals surface area contributed by atoms with E-state index in [-0.39, 0.29) is 28.8 Å². The molecule has 1 aromatic heterocycles. The lowest BCUT2D eigenvalue weighted by molar-refractivity contribution is -0.655. The number of piperazine rings is 2. The molecule has 250 valence electrons. The summed E-state index contributed by atoms with van der Waals surface area (Å²) in [6, 6.07) is 22.9. The van der Waals surface area contributed by atoms with Crippen LogP contribution < -0.4 is 32.2 Å².